The third-order valence-corrected chi connectivity index (χ3v) is 6.85. The molecule has 0 bridgehead atoms. The molecule has 1 aliphatic rings. The van der Waals surface area contributed by atoms with E-state index in [0.717, 1.165) is 22.3 Å². The maximum absolute atomic E-state index is 13.9. The SMILES string of the molecule is COc1cccc(CNC(=O)C[NH+]2CCN(S(=O)(=O)c3ccccc3F)CC2)c1. The van der Waals surface area contributed by atoms with E-state index >= 15 is 0 Å². The minimum Gasteiger partial charge on any atom is -0.497 e. The second-order valence-corrected chi connectivity index (χ2v) is 8.80. The molecule has 1 saturated heterocycles. The summed E-state index contributed by atoms with van der Waals surface area (Å²) >= 11 is 0. The number of hydrogen-bond donors (Lipinski definition) is 2. The molecule has 3 rings (SSSR count). The van der Waals surface area contributed by atoms with Crippen molar-refractivity contribution in [2.75, 3.05) is 39.8 Å². The van der Waals surface area contributed by atoms with Crippen LogP contribution in [0.25, 0.3) is 0 Å². The Morgan fingerprint density at radius 3 is 2.59 bits per heavy atom. The molecule has 0 aromatic heterocycles. The highest BCUT2D eigenvalue weighted by atomic mass is 32.2. The molecule has 0 unspecified atom stereocenters. The van der Waals surface area contributed by atoms with E-state index in [0.29, 0.717) is 19.6 Å². The Labute approximate surface area is 170 Å². The summed E-state index contributed by atoms with van der Waals surface area (Å²) in [5.41, 5.74) is 0.938. The van der Waals surface area contributed by atoms with Gasteiger partial charge in [-0.25, -0.2) is 12.8 Å². The minimum absolute atomic E-state index is 0.103. The highest BCUT2D eigenvalue weighted by molar-refractivity contribution is 7.89. The van der Waals surface area contributed by atoms with E-state index in [2.05, 4.69) is 5.32 Å². The Bertz CT molecular complexity index is 960. The summed E-state index contributed by atoms with van der Waals surface area (Å²) in [6.45, 7) is 2.12. The number of amides is 1. The standard InChI is InChI=1S/C20H24FN3O4S/c1-28-17-6-4-5-16(13-17)14-22-20(25)15-23-9-11-24(12-10-23)29(26,27)19-8-3-2-7-18(19)21/h2-8,13H,9-12,14-15H2,1H3,(H,22,25)/p+1. The van der Waals surface area contributed by atoms with E-state index in [1.807, 2.05) is 24.3 Å². The number of methoxy groups -OCH3 is 1. The van der Waals surface area contributed by atoms with Crippen LogP contribution in [0.1, 0.15) is 5.56 Å². The number of rotatable bonds is 7. The highest BCUT2D eigenvalue weighted by Gasteiger charge is 2.32. The first-order valence-corrected chi connectivity index (χ1v) is 10.8. The number of carbonyl (C=O) groups is 1. The van der Waals surface area contributed by atoms with Crippen LogP contribution >= 0.6 is 0 Å². The number of piperazine rings is 1. The van der Waals surface area contributed by atoms with Gasteiger partial charge in [-0.15, -0.1) is 0 Å². The molecule has 7 nitrogen and oxygen atoms in total. The Morgan fingerprint density at radius 2 is 1.90 bits per heavy atom. The molecule has 0 radical (unpaired) electrons. The number of nitrogens with zero attached hydrogens (tertiary/aromatic N) is 1. The van der Waals surface area contributed by atoms with Crippen LogP contribution in [0.2, 0.25) is 0 Å². The van der Waals surface area contributed by atoms with Crippen molar-refractivity contribution in [2.45, 2.75) is 11.4 Å². The zero-order valence-corrected chi connectivity index (χ0v) is 17.0. The summed E-state index contributed by atoms with van der Waals surface area (Å²) in [5, 5.41) is 2.88. The molecule has 29 heavy (non-hydrogen) atoms. The second kappa shape index (κ2) is 9.34. The van der Waals surface area contributed by atoms with Crippen molar-refractivity contribution >= 4 is 15.9 Å². The third kappa shape index (κ3) is 5.31. The largest absolute Gasteiger partial charge is 0.497 e. The zero-order chi connectivity index (χ0) is 20.9. The lowest BCUT2D eigenvalue weighted by Gasteiger charge is -2.31. The van der Waals surface area contributed by atoms with Crippen LogP contribution in [-0.2, 0) is 21.4 Å². The Morgan fingerprint density at radius 1 is 1.17 bits per heavy atom. The maximum atomic E-state index is 13.9. The lowest BCUT2D eigenvalue weighted by Crippen LogP contribution is -3.15. The van der Waals surface area contributed by atoms with Gasteiger partial charge in [-0.2, -0.15) is 4.31 Å². The minimum atomic E-state index is -3.86. The predicted octanol–water partition coefficient (Wildman–Crippen LogP) is 0.0399. The molecule has 9 heteroatoms. The van der Waals surface area contributed by atoms with Gasteiger partial charge in [-0.1, -0.05) is 24.3 Å². The molecule has 0 aliphatic carbocycles. The summed E-state index contributed by atoms with van der Waals surface area (Å²) in [6.07, 6.45) is 0. The monoisotopic (exact) mass is 422 g/mol. The first kappa shape index (κ1) is 21.2. The summed E-state index contributed by atoms with van der Waals surface area (Å²) in [4.78, 5) is 12.9. The number of sulfonamides is 1. The van der Waals surface area contributed by atoms with Gasteiger partial charge in [0.25, 0.3) is 5.91 Å². The Hall–Kier alpha value is -2.49. The Balaban J connectivity index is 1.49. The second-order valence-electron chi connectivity index (χ2n) is 6.89. The molecular formula is C20H25FN3O4S+. The smallest absolute Gasteiger partial charge is 0.275 e. The molecule has 1 fully saturated rings. The van der Waals surface area contributed by atoms with Gasteiger partial charge >= 0.3 is 0 Å². The van der Waals surface area contributed by atoms with Gasteiger partial charge in [-0.3, -0.25) is 4.79 Å². The van der Waals surface area contributed by atoms with E-state index < -0.39 is 15.8 Å². The Kier molecular flexibility index (Phi) is 6.83. The molecule has 1 heterocycles. The van der Waals surface area contributed by atoms with E-state index in [9.17, 15) is 17.6 Å². The number of ether oxygens (including phenoxy) is 1. The molecule has 2 aromatic carbocycles. The topological polar surface area (TPSA) is 80.2 Å². The van der Waals surface area contributed by atoms with Crippen LogP contribution in [0.15, 0.2) is 53.4 Å². The van der Waals surface area contributed by atoms with E-state index in [1.165, 1.54) is 22.5 Å². The predicted molar refractivity (Wildman–Crippen MR) is 106 cm³/mol. The molecule has 156 valence electrons. The molecule has 2 aromatic rings. The lowest BCUT2D eigenvalue weighted by atomic mass is 10.2. The van der Waals surface area contributed by atoms with Crippen LogP contribution in [-0.4, -0.2) is 58.5 Å². The molecular weight excluding hydrogens is 397 g/mol. The fourth-order valence-corrected chi connectivity index (χ4v) is 4.79. The van der Waals surface area contributed by atoms with Crippen molar-refractivity contribution < 1.29 is 27.2 Å². The first-order chi connectivity index (χ1) is 13.9. The summed E-state index contributed by atoms with van der Waals surface area (Å²) < 4.78 is 45.6. The van der Waals surface area contributed by atoms with Crippen LogP contribution in [0.4, 0.5) is 4.39 Å². The number of carbonyl (C=O) groups excluding carboxylic acids is 1. The van der Waals surface area contributed by atoms with E-state index in [4.69, 9.17) is 4.74 Å². The van der Waals surface area contributed by atoms with Gasteiger partial charge in [0.05, 0.1) is 33.3 Å². The van der Waals surface area contributed by atoms with Crippen molar-refractivity contribution in [1.29, 1.82) is 0 Å². The van der Waals surface area contributed by atoms with Crippen LogP contribution < -0.4 is 15.0 Å². The van der Waals surface area contributed by atoms with Crippen molar-refractivity contribution in [2.24, 2.45) is 0 Å². The summed E-state index contributed by atoms with van der Waals surface area (Å²) in [7, 11) is -2.27. The van der Waals surface area contributed by atoms with Crippen molar-refractivity contribution in [3.8, 4) is 5.75 Å². The highest BCUT2D eigenvalue weighted by Crippen LogP contribution is 2.18. The van der Waals surface area contributed by atoms with Crippen LogP contribution in [0.3, 0.4) is 0 Å². The zero-order valence-electron chi connectivity index (χ0n) is 16.2. The van der Waals surface area contributed by atoms with E-state index in [1.54, 1.807) is 7.11 Å². The van der Waals surface area contributed by atoms with Gasteiger partial charge in [0.1, 0.15) is 16.5 Å². The van der Waals surface area contributed by atoms with Gasteiger partial charge in [0.2, 0.25) is 10.0 Å². The molecule has 1 aliphatic heterocycles. The third-order valence-electron chi connectivity index (χ3n) is 4.92. The number of benzene rings is 2. The number of nitrogens with one attached hydrogen (secondary N) is 2. The number of quaternary nitrogens is 1. The fraction of sp³-hybridized carbons (Fsp3) is 0.350. The van der Waals surface area contributed by atoms with Gasteiger partial charge in [0, 0.05) is 6.54 Å². The molecule has 2 N–H and O–H groups in total. The lowest BCUT2D eigenvalue weighted by molar-refractivity contribution is -0.895. The molecule has 0 saturated carbocycles. The van der Waals surface area contributed by atoms with Crippen LogP contribution in [0.5, 0.6) is 5.75 Å². The number of halogens is 1. The average molecular weight is 423 g/mol. The van der Waals surface area contributed by atoms with Gasteiger partial charge in [-0.05, 0) is 29.8 Å². The quantitative estimate of drug-likeness (QED) is 0.660. The normalized spacial score (nSPS) is 15.8. The average Bonchev–Trinajstić information content (AvgIpc) is 2.73. The molecule has 0 atom stereocenters. The van der Waals surface area contributed by atoms with Gasteiger partial charge < -0.3 is 15.0 Å². The van der Waals surface area contributed by atoms with Crippen molar-refractivity contribution in [3.05, 3.63) is 59.9 Å². The van der Waals surface area contributed by atoms with Crippen molar-refractivity contribution in [3.63, 3.8) is 0 Å². The van der Waals surface area contributed by atoms with E-state index in [-0.39, 0.29) is 30.4 Å². The summed E-state index contributed by atoms with van der Waals surface area (Å²) in [6, 6.07) is 12.8. The molecule has 1 amide bonds. The molecule has 0 spiro atoms. The maximum Gasteiger partial charge on any atom is 0.275 e. The summed E-state index contributed by atoms with van der Waals surface area (Å²) in [5.74, 6) is -0.123. The van der Waals surface area contributed by atoms with Crippen LogP contribution in [0, 0.1) is 5.82 Å². The number of hydrogen-bond acceptors (Lipinski definition) is 4. The van der Waals surface area contributed by atoms with Gasteiger partial charge in [0.15, 0.2) is 6.54 Å². The first-order valence-electron chi connectivity index (χ1n) is 9.38. The fourth-order valence-electron chi connectivity index (χ4n) is 3.29. The van der Waals surface area contributed by atoms with Crippen molar-refractivity contribution in [1.82, 2.24) is 9.62 Å².